The average Bonchev–Trinajstić information content (AvgIpc) is 2.85. The lowest BCUT2D eigenvalue weighted by Gasteiger charge is -2.06. The summed E-state index contributed by atoms with van der Waals surface area (Å²) >= 11 is 4.72. The number of hydrogen-bond donors (Lipinski definition) is 1. The van der Waals surface area contributed by atoms with Crippen LogP contribution in [0.25, 0.3) is 0 Å². The van der Waals surface area contributed by atoms with Gasteiger partial charge in [-0.3, -0.25) is 0 Å². The van der Waals surface area contributed by atoms with Gasteiger partial charge in [-0.2, -0.15) is 0 Å². The van der Waals surface area contributed by atoms with Crippen LogP contribution in [0.5, 0.6) is 5.75 Å². The summed E-state index contributed by atoms with van der Waals surface area (Å²) in [4.78, 5) is 15.4. The highest BCUT2D eigenvalue weighted by Crippen LogP contribution is 2.28. The Morgan fingerprint density at radius 2 is 2.16 bits per heavy atom. The van der Waals surface area contributed by atoms with Crippen molar-refractivity contribution in [2.24, 2.45) is 0 Å². The van der Waals surface area contributed by atoms with Crippen molar-refractivity contribution in [2.75, 3.05) is 19.5 Å². The topological polar surface area (TPSA) is 60.5 Å². The van der Waals surface area contributed by atoms with Crippen molar-refractivity contribution in [3.05, 3.63) is 33.7 Å². The van der Waals surface area contributed by atoms with E-state index in [0.29, 0.717) is 5.13 Å². The highest BCUT2D eigenvalue weighted by molar-refractivity contribution is 9.10. The molecule has 5 nitrogen and oxygen atoms in total. The van der Waals surface area contributed by atoms with Crippen LogP contribution in [0.15, 0.2) is 28.1 Å². The summed E-state index contributed by atoms with van der Waals surface area (Å²) in [6, 6.07) is 5.58. The number of nitrogens with one attached hydrogen (secondary N) is 1. The molecule has 0 spiro atoms. The monoisotopic (exact) mass is 342 g/mol. The van der Waals surface area contributed by atoms with E-state index in [1.807, 2.05) is 18.2 Å². The first-order valence-corrected chi connectivity index (χ1v) is 6.95. The van der Waals surface area contributed by atoms with Gasteiger partial charge >= 0.3 is 5.97 Å². The SMILES string of the molecule is COC(=O)c1csc(Nc2cc(Br)cc(OC)c2)n1. The molecule has 0 aliphatic heterocycles. The molecule has 19 heavy (non-hydrogen) atoms. The minimum Gasteiger partial charge on any atom is -0.497 e. The maximum Gasteiger partial charge on any atom is 0.357 e. The maximum atomic E-state index is 11.3. The lowest BCUT2D eigenvalue weighted by atomic mass is 10.3. The number of esters is 1. The van der Waals surface area contributed by atoms with E-state index in [-0.39, 0.29) is 5.69 Å². The van der Waals surface area contributed by atoms with E-state index in [4.69, 9.17) is 4.74 Å². The summed E-state index contributed by atoms with van der Waals surface area (Å²) in [6.07, 6.45) is 0. The smallest absolute Gasteiger partial charge is 0.357 e. The van der Waals surface area contributed by atoms with E-state index >= 15 is 0 Å². The quantitative estimate of drug-likeness (QED) is 0.862. The van der Waals surface area contributed by atoms with Gasteiger partial charge < -0.3 is 14.8 Å². The molecule has 0 unspecified atom stereocenters. The van der Waals surface area contributed by atoms with Gasteiger partial charge in [-0.25, -0.2) is 9.78 Å². The Kier molecular flexibility index (Phi) is 4.39. The average molecular weight is 343 g/mol. The molecule has 7 heteroatoms. The van der Waals surface area contributed by atoms with Crippen molar-refractivity contribution >= 4 is 44.1 Å². The second kappa shape index (κ2) is 6.03. The molecule has 2 rings (SSSR count). The second-order valence-corrected chi connectivity index (χ2v) is 5.31. The fourth-order valence-electron chi connectivity index (χ4n) is 1.41. The van der Waals surface area contributed by atoms with Gasteiger partial charge in [0.1, 0.15) is 5.75 Å². The number of thiazole rings is 1. The van der Waals surface area contributed by atoms with Gasteiger partial charge in [0.2, 0.25) is 0 Å². The molecule has 1 N–H and O–H groups in total. The van der Waals surface area contributed by atoms with Crippen LogP contribution in [-0.2, 0) is 4.74 Å². The fraction of sp³-hybridized carbons (Fsp3) is 0.167. The van der Waals surface area contributed by atoms with Crippen molar-refractivity contribution in [2.45, 2.75) is 0 Å². The lowest BCUT2D eigenvalue weighted by molar-refractivity contribution is 0.0595. The second-order valence-electron chi connectivity index (χ2n) is 3.53. The zero-order chi connectivity index (χ0) is 13.8. The van der Waals surface area contributed by atoms with Gasteiger partial charge in [-0.15, -0.1) is 11.3 Å². The van der Waals surface area contributed by atoms with Crippen LogP contribution in [-0.4, -0.2) is 25.2 Å². The number of halogens is 1. The standard InChI is InChI=1S/C12H11BrN2O3S/c1-17-9-4-7(13)3-8(5-9)14-12-15-10(6-19-12)11(16)18-2/h3-6H,1-2H3,(H,14,15). The Labute approximate surface area is 122 Å². The highest BCUT2D eigenvalue weighted by atomic mass is 79.9. The number of nitrogens with zero attached hydrogens (tertiary/aromatic N) is 1. The Bertz CT molecular complexity index is 600. The minimum absolute atomic E-state index is 0.289. The minimum atomic E-state index is -0.448. The van der Waals surface area contributed by atoms with Crippen LogP contribution >= 0.6 is 27.3 Å². The van der Waals surface area contributed by atoms with Crippen molar-refractivity contribution < 1.29 is 14.3 Å². The predicted octanol–water partition coefficient (Wildman–Crippen LogP) is 3.44. The van der Waals surface area contributed by atoms with E-state index in [1.54, 1.807) is 12.5 Å². The summed E-state index contributed by atoms with van der Waals surface area (Å²) in [5.74, 6) is 0.276. The first kappa shape index (κ1) is 13.8. The Hall–Kier alpha value is -1.60. The van der Waals surface area contributed by atoms with Crippen LogP contribution in [0.4, 0.5) is 10.8 Å². The Balaban J connectivity index is 2.19. The third kappa shape index (κ3) is 3.45. The molecule has 0 bridgehead atoms. The number of aromatic nitrogens is 1. The first-order chi connectivity index (χ1) is 9.12. The number of rotatable bonds is 4. The van der Waals surface area contributed by atoms with Gasteiger partial charge in [-0.05, 0) is 12.1 Å². The summed E-state index contributed by atoms with van der Waals surface area (Å²) in [7, 11) is 2.93. The van der Waals surface area contributed by atoms with Crippen LogP contribution in [0, 0.1) is 0 Å². The number of benzene rings is 1. The van der Waals surface area contributed by atoms with Crippen molar-refractivity contribution in [1.29, 1.82) is 0 Å². The van der Waals surface area contributed by atoms with Crippen LogP contribution in [0.1, 0.15) is 10.5 Å². The molecule has 0 amide bonds. The Morgan fingerprint density at radius 1 is 1.37 bits per heavy atom. The fourth-order valence-corrected chi connectivity index (χ4v) is 2.58. The van der Waals surface area contributed by atoms with E-state index in [9.17, 15) is 4.79 Å². The van der Waals surface area contributed by atoms with E-state index in [0.717, 1.165) is 15.9 Å². The summed E-state index contributed by atoms with van der Waals surface area (Å²) in [6.45, 7) is 0. The van der Waals surface area contributed by atoms with Gasteiger partial charge in [0, 0.05) is 21.6 Å². The molecule has 0 fully saturated rings. The lowest BCUT2D eigenvalue weighted by Crippen LogP contribution is -2.01. The van der Waals surface area contributed by atoms with Gasteiger partial charge in [0.25, 0.3) is 0 Å². The molecule has 0 aliphatic carbocycles. The van der Waals surface area contributed by atoms with Crippen LogP contribution in [0.3, 0.4) is 0 Å². The molecule has 0 saturated carbocycles. The number of carbonyl (C=O) groups excluding carboxylic acids is 1. The van der Waals surface area contributed by atoms with Gasteiger partial charge in [0.15, 0.2) is 10.8 Å². The number of anilines is 2. The molecule has 0 radical (unpaired) electrons. The van der Waals surface area contributed by atoms with E-state index in [2.05, 4.69) is 31.0 Å². The van der Waals surface area contributed by atoms with E-state index < -0.39 is 5.97 Å². The molecule has 100 valence electrons. The molecular formula is C12H11BrN2O3S. The van der Waals surface area contributed by atoms with Crippen molar-refractivity contribution in [3.63, 3.8) is 0 Å². The van der Waals surface area contributed by atoms with Crippen LogP contribution < -0.4 is 10.1 Å². The molecule has 1 aromatic carbocycles. The summed E-state index contributed by atoms with van der Waals surface area (Å²) in [5, 5.41) is 5.36. The molecule has 0 aliphatic rings. The molecule has 1 heterocycles. The number of hydrogen-bond acceptors (Lipinski definition) is 6. The number of ether oxygens (including phenoxy) is 2. The molecule has 0 saturated heterocycles. The van der Waals surface area contributed by atoms with Crippen LogP contribution in [0.2, 0.25) is 0 Å². The molecular weight excluding hydrogens is 332 g/mol. The van der Waals surface area contributed by atoms with Crippen molar-refractivity contribution in [1.82, 2.24) is 4.98 Å². The molecule has 2 aromatic rings. The van der Waals surface area contributed by atoms with Gasteiger partial charge in [0.05, 0.1) is 14.2 Å². The van der Waals surface area contributed by atoms with E-state index in [1.165, 1.54) is 18.4 Å². The number of methoxy groups -OCH3 is 2. The zero-order valence-corrected chi connectivity index (χ0v) is 12.7. The predicted molar refractivity (Wildman–Crippen MR) is 77.4 cm³/mol. The largest absolute Gasteiger partial charge is 0.497 e. The molecule has 0 atom stereocenters. The summed E-state index contributed by atoms with van der Waals surface area (Å²) < 4.78 is 10.7. The maximum absolute atomic E-state index is 11.3. The number of carbonyl (C=O) groups is 1. The molecule has 1 aromatic heterocycles. The first-order valence-electron chi connectivity index (χ1n) is 5.28. The third-order valence-electron chi connectivity index (χ3n) is 2.26. The normalized spacial score (nSPS) is 10.1. The third-order valence-corrected chi connectivity index (χ3v) is 3.47. The highest BCUT2D eigenvalue weighted by Gasteiger charge is 2.11. The zero-order valence-electron chi connectivity index (χ0n) is 10.3. The van der Waals surface area contributed by atoms with Gasteiger partial charge in [-0.1, -0.05) is 15.9 Å². The van der Waals surface area contributed by atoms with Crippen molar-refractivity contribution in [3.8, 4) is 5.75 Å². The summed E-state index contributed by atoms with van der Waals surface area (Å²) in [5.41, 5.74) is 1.11. The Morgan fingerprint density at radius 3 is 2.84 bits per heavy atom.